The van der Waals surface area contributed by atoms with Crippen LogP contribution in [0.5, 0.6) is 0 Å². The molecule has 0 spiro atoms. The molecule has 2 nitrogen and oxygen atoms in total. The van der Waals surface area contributed by atoms with E-state index in [4.69, 9.17) is 0 Å². The first-order valence-electron chi connectivity index (χ1n) is 5.46. The van der Waals surface area contributed by atoms with E-state index >= 15 is 0 Å². The second-order valence-corrected chi connectivity index (χ2v) is 5.18. The first kappa shape index (κ1) is 9.97. The lowest BCUT2D eigenvalue weighted by Crippen LogP contribution is -2.27. The lowest BCUT2D eigenvalue weighted by molar-refractivity contribution is 0.225. The van der Waals surface area contributed by atoms with E-state index in [2.05, 4.69) is 29.5 Å². The van der Waals surface area contributed by atoms with Crippen LogP contribution in [-0.2, 0) is 6.42 Å². The summed E-state index contributed by atoms with van der Waals surface area (Å²) in [5, 5.41) is 6.67. The van der Waals surface area contributed by atoms with Gasteiger partial charge in [0.2, 0.25) is 0 Å². The summed E-state index contributed by atoms with van der Waals surface area (Å²) in [6.45, 7) is 5.59. The van der Waals surface area contributed by atoms with Crippen LogP contribution in [0.3, 0.4) is 0 Å². The van der Waals surface area contributed by atoms with Gasteiger partial charge in [-0.05, 0) is 31.1 Å². The van der Waals surface area contributed by atoms with E-state index in [0.29, 0.717) is 0 Å². The Morgan fingerprint density at radius 2 is 2.36 bits per heavy atom. The molecule has 1 aliphatic rings. The highest BCUT2D eigenvalue weighted by Gasteiger charge is 2.24. The number of rotatable bonds is 4. The van der Waals surface area contributed by atoms with Crippen molar-refractivity contribution in [3.05, 3.63) is 11.1 Å². The van der Waals surface area contributed by atoms with Crippen molar-refractivity contribution in [2.24, 2.45) is 11.8 Å². The number of anilines is 1. The minimum Gasteiger partial charge on any atom is -0.361 e. The molecule has 14 heavy (non-hydrogen) atoms. The predicted molar refractivity (Wildman–Crippen MR) is 61.9 cm³/mol. The first-order chi connectivity index (χ1) is 6.78. The van der Waals surface area contributed by atoms with E-state index in [0.717, 1.165) is 29.9 Å². The molecule has 0 unspecified atom stereocenters. The molecule has 0 amide bonds. The molecule has 0 aliphatic heterocycles. The van der Waals surface area contributed by atoms with E-state index in [1.807, 2.05) is 0 Å². The van der Waals surface area contributed by atoms with Crippen molar-refractivity contribution < 1.29 is 0 Å². The van der Waals surface area contributed by atoms with E-state index < -0.39 is 0 Å². The van der Waals surface area contributed by atoms with Crippen LogP contribution in [0.4, 0.5) is 5.13 Å². The highest BCUT2D eigenvalue weighted by atomic mass is 32.1. The standard InChI is InChI=1S/C11H18N2S/c1-3-10-7-14-11(13-10)12-6-9-4-8(2)5-9/h7-9H,3-6H2,1-2H3,(H,12,13). The number of thiazole rings is 1. The lowest BCUT2D eigenvalue weighted by Gasteiger charge is -2.32. The molecule has 1 aliphatic carbocycles. The number of hydrogen-bond donors (Lipinski definition) is 1. The molecule has 0 saturated heterocycles. The van der Waals surface area contributed by atoms with Crippen LogP contribution in [0.25, 0.3) is 0 Å². The van der Waals surface area contributed by atoms with Crippen LogP contribution in [0, 0.1) is 11.8 Å². The smallest absolute Gasteiger partial charge is 0.182 e. The van der Waals surface area contributed by atoms with E-state index in [9.17, 15) is 0 Å². The summed E-state index contributed by atoms with van der Waals surface area (Å²) < 4.78 is 0. The maximum absolute atomic E-state index is 4.49. The van der Waals surface area contributed by atoms with Gasteiger partial charge >= 0.3 is 0 Å². The Morgan fingerprint density at radius 1 is 1.57 bits per heavy atom. The zero-order valence-corrected chi connectivity index (χ0v) is 9.73. The van der Waals surface area contributed by atoms with Gasteiger partial charge in [0.05, 0.1) is 5.69 Å². The van der Waals surface area contributed by atoms with Gasteiger partial charge in [-0.2, -0.15) is 0 Å². The maximum atomic E-state index is 4.49. The number of nitrogens with one attached hydrogen (secondary N) is 1. The van der Waals surface area contributed by atoms with Crippen molar-refractivity contribution in [1.82, 2.24) is 4.98 Å². The van der Waals surface area contributed by atoms with Crippen LogP contribution < -0.4 is 5.32 Å². The minimum absolute atomic E-state index is 0.888. The molecular formula is C11H18N2S. The lowest BCUT2D eigenvalue weighted by atomic mass is 9.76. The van der Waals surface area contributed by atoms with Crippen molar-refractivity contribution in [3.8, 4) is 0 Å². The Labute approximate surface area is 89.8 Å². The Hall–Kier alpha value is -0.570. The number of aromatic nitrogens is 1. The van der Waals surface area contributed by atoms with Gasteiger partial charge in [0.1, 0.15) is 0 Å². The average molecular weight is 210 g/mol. The van der Waals surface area contributed by atoms with Gasteiger partial charge < -0.3 is 5.32 Å². The zero-order valence-electron chi connectivity index (χ0n) is 8.92. The molecular weight excluding hydrogens is 192 g/mol. The highest BCUT2D eigenvalue weighted by Crippen LogP contribution is 2.33. The zero-order chi connectivity index (χ0) is 9.97. The summed E-state index contributed by atoms with van der Waals surface area (Å²) in [5.74, 6) is 1.84. The van der Waals surface area contributed by atoms with Crippen molar-refractivity contribution in [1.29, 1.82) is 0 Å². The van der Waals surface area contributed by atoms with Crippen LogP contribution >= 0.6 is 11.3 Å². The van der Waals surface area contributed by atoms with Crippen molar-refractivity contribution in [2.75, 3.05) is 11.9 Å². The Bertz CT molecular complexity index is 289. The largest absolute Gasteiger partial charge is 0.361 e. The van der Waals surface area contributed by atoms with Crippen LogP contribution in [-0.4, -0.2) is 11.5 Å². The third kappa shape index (κ3) is 2.27. The molecule has 2 rings (SSSR count). The Morgan fingerprint density at radius 3 is 2.93 bits per heavy atom. The molecule has 1 aromatic rings. The normalized spacial score (nSPS) is 25.9. The number of nitrogens with zero attached hydrogens (tertiary/aromatic N) is 1. The molecule has 78 valence electrons. The van der Waals surface area contributed by atoms with Crippen LogP contribution in [0.15, 0.2) is 5.38 Å². The minimum atomic E-state index is 0.888. The Balaban J connectivity index is 1.75. The maximum Gasteiger partial charge on any atom is 0.182 e. The first-order valence-corrected chi connectivity index (χ1v) is 6.34. The highest BCUT2D eigenvalue weighted by molar-refractivity contribution is 7.13. The monoisotopic (exact) mass is 210 g/mol. The third-order valence-electron chi connectivity index (χ3n) is 2.93. The van der Waals surface area contributed by atoms with Crippen molar-refractivity contribution in [3.63, 3.8) is 0 Å². The third-order valence-corrected chi connectivity index (χ3v) is 3.78. The van der Waals surface area contributed by atoms with Crippen LogP contribution in [0.2, 0.25) is 0 Å². The van der Waals surface area contributed by atoms with Gasteiger partial charge in [0, 0.05) is 11.9 Å². The van der Waals surface area contributed by atoms with Gasteiger partial charge in [-0.25, -0.2) is 4.98 Å². The molecule has 1 aromatic heterocycles. The predicted octanol–water partition coefficient (Wildman–Crippen LogP) is 3.16. The molecule has 1 saturated carbocycles. The van der Waals surface area contributed by atoms with E-state index in [1.165, 1.54) is 18.5 Å². The Kier molecular flexibility index (Phi) is 3.06. The van der Waals surface area contributed by atoms with Gasteiger partial charge in [-0.1, -0.05) is 13.8 Å². The second-order valence-electron chi connectivity index (χ2n) is 4.32. The summed E-state index contributed by atoms with van der Waals surface area (Å²) in [7, 11) is 0. The summed E-state index contributed by atoms with van der Waals surface area (Å²) in [5.41, 5.74) is 1.21. The molecule has 0 aromatic carbocycles. The average Bonchev–Trinajstić information content (AvgIpc) is 2.58. The second kappa shape index (κ2) is 4.30. The molecule has 1 fully saturated rings. The van der Waals surface area contributed by atoms with Gasteiger partial charge in [-0.3, -0.25) is 0 Å². The number of hydrogen-bond acceptors (Lipinski definition) is 3. The summed E-state index contributed by atoms with van der Waals surface area (Å²) in [6, 6.07) is 0. The molecule has 0 radical (unpaired) electrons. The molecule has 1 heterocycles. The molecule has 3 heteroatoms. The van der Waals surface area contributed by atoms with E-state index in [-0.39, 0.29) is 0 Å². The van der Waals surface area contributed by atoms with Gasteiger partial charge in [0.25, 0.3) is 0 Å². The van der Waals surface area contributed by atoms with E-state index in [1.54, 1.807) is 11.3 Å². The van der Waals surface area contributed by atoms with Crippen molar-refractivity contribution >= 4 is 16.5 Å². The summed E-state index contributed by atoms with van der Waals surface area (Å²) in [6.07, 6.45) is 3.82. The van der Waals surface area contributed by atoms with Crippen LogP contribution in [0.1, 0.15) is 32.4 Å². The molecule has 0 bridgehead atoms. The summed E-state index contributed by atoms with van der Waals surface area (Å²) >= 11 is 1.73. The molecule has 1 N–H and O–H groups in total. The van der Waals surface area contributed by atoms with Crippen molar-refractivity contribution in [2.45, 2.75) is 33.1 Å². The fourth-order valence-electron chi connectivity index (χ4n) is 2.02. The quantitative estimate of drug-likeness (QED) is 0.825. The fraction of sp³-hybridized carbons (Fsp3) is 0.727. The SMILES string of the molecule is CCc1csc(NCC2CC(C)C2)n1. The molecule has 0 atom stereocenters. The van der Waals surface area contributed by atoms with Gasteiger partial charge in [0.15, 0.2) is 5.13 Å². The topological polar surface area (TPSA) is 24.9 Å². The summed E-state index contributed by atoms with van der Waals surface area (Å²) in [4.78, 5) is 4.49. The van der Waals surface area contributed by atoms with Gasteiger partial charge in [-0.15, -0.1) is 11.3 Å². The fourth-order valence-corrected chi connectivity index (χ4v) is 2.82. The number of aryl methyl sites for hydroxylation is 1.